The van der Waals surface area contributed by atoms with Crippen LogP contribution in [0.5, 0.6) is 11.7 Å². The lowest BCUT2D eigenvalue weighted by molar-refractivity contribution is 0.1000. The summed E-state index contributed by atoms with van der Waals surface area (Å²) in [6, 6.07) is 16.5. The molecule has 8 heteroatoms. The highest BCUT2D eigenvalue weighted by atomic mass is 16.6. The number of ether oxygens (including phenoxy) is 1. The SMILES string of the molecule is NC(=O)c1ccc(Nc2cc(Oc3oc(C4CC4)nc3-c3ccccc3)ccn2)nc1. The summed E-state index contributed by atoms with van der Waals surface area (Å²) >= 11 is 0. The largest absolute Gasteiger partial charge is 0.424 e. The van der Waals surface area contributed by atoms with Gasteiger partial charge in [-0.3, -0.25) is 4.79 Å². The van der Waals surface area contributed by atoms with Gasteiger partial charge in [-0.1, -0.05) is 30.3 Å². The lowest BCUT2D eigenvalue weighted by atomic mass is 10.2. The third-order valence-electron chi connectivity index (χ3n) is 4.83. The van der Waals surface area contributed by atoms with Crippen molar-refractivity contribution in [1.29, 1.82) is 0 Å². The fourth-order valence-electron chi connectivity index (χ4n) is 3.07. The molecule has 1 aliphatic carbocycles. The molecule has 1 aliphatic rings. The van der Waals surface area contributed by atoms with Gasteiger partial charge in [0.15, 0.2) is 5.69 Å². The molecule has 1 fully saturated rings. The van der Waals surface area contributed by atoms with Crippen LogP contribution < -0.4 is 15.8 Å². The average molecular weight is 413 g/mol. The minimum Gasteiger partial charge on any atom is -0.424 e. The van der Waals surface area contributed by atoms with E-state index in [4.69, 9.17) is 14.9 Å². The molecule has 5 rings (SSSR count). The Hall–Kier alpha value is -4.20. The second-order valence-electron chi connectivity index (χ2n) is 7.23. The normalized spacial score (nSPS) is 13.0. The van der Waals surface area contributed by atoms with Crippen molar-refractivity contribution in [2.75, 3.05) is 5.32 Å². The lowest BCUT2D eigenvalue weighted by Crippen LogP contribution is -2.11. The van der Waals surface area contributed by atoms with Crippen molar-refractivity contribution in [3.05, 3.63) is 78.4 Å². The number of carbonyl (C=O) groups excluding carboxylic acids is 1. The zero-order valence-electron chi connectivity index (χ0n) is 16.5. The summed E-state index contributed by atoms with van der Waals surface area (Å²) in [7, 11) is 0. The van der Waals surface area contributed by atoms with Crippen LogP contribution in [0.4, 0.5) is 11.6 Å². The van der Waals surface area contributed by atoms with E-state index in [1.165, 1.54) is 6.20 Å². The van der Waals surface area contributed by atoms with Gasteiger partial charge < -0.3 is 20.2 Å². The van der Waals surface area contributed by atoms with E-state index < -0.39 is 5.91 Å². The van der Waals surface area contributed by atoms with Crippen LogP contribution in [0, 0.1) is 0 Å². The van der Waals surface area contributed by atoms with Crippen molar-refractivity contribution < 1.29 is 13.9 Å². The Morgan fingerprint density at radius 1 is 1.06 bits per heavy atom. The van der Waals surface area contributed by atoms with Crippen LogP contribution in [0.3, 0.4) is 0 Å². The van der Waals surface area contributed by atoms with E-state index in [0.717, 1.165) is 18.4 Å². The predicted octanol–water partition coefficient (Wildman–Crippen LogP) is 4.64. The molecule has 1 saturated carbocycles. The molecule has 154 valence electrons. The number of nitrogens with two attached hydrogens (primary N) is 1. The van der Waals surface area contributed by atoms with Crippen molar-refractivity contribution in [2.24, 2.45) is 5.73 Å². The zero-order chi connectivity index (χ0) is 21.2. The van der Waals surface area contributed by atoms with Gasteiger partial charge in [0.2, 0.25) is 11.8 Å². The first kappa shape index (κ1) is 18.8. The summed E-state index contributed by atoms with van der Waals surface area (Å²) in [4.78, 5) is 24.3. The molecule has 0 radical (unpaired) electrons. The van der Waals surface area contributed by atoms with Gasteiger partial charge in [-0.05, 0) is 31.0 Å². The van der Waals surface area contributed by atoms with Crippen LogP contribution in [0.2, 0.25) is 0 Å². The maximum Gasteiger partial charge on any atom is 0.319 e. The fourth-order valence-corrected chi connectivity index (χ4v) is 3.07. The summed E-state index contributed by atoms with van der Waals surface area (Å²) in [6.45, 7) is 0. The second-order valence-corrected chi connectivity index (χ2v) is 7.23. The molecule has 0 unspecified atom stereocenters. The molecule has 0 aliphatic heterocycles. The molecule has 31 heavy (non-hydrogen) atoms. The van der Waals surface area contributed by atoms with Gasteiger partial charge in [-0.2, -0.15) is 0 Å². The number of oxazole rings is 1. The summed E-state index contributed by atoms with van der Waals surface area (Å²) in [5.41, 5.74) is 7.19. The molecule has 4 aromatic rings. The quantitative estimate of drug-likeness (QED) is 0.453. The molecule has 3 aromatic heterocycles. The Morgan fingerprint density at radius 2 is 1.90 bits per heavy atom. The van der Waals surface area contributed by atoms with Gasteiger partial charge in [0.1, 0.15) is 17.4 Å². The maximum absolute atomic E-state index is 11.2. The molecule has 0 atom stereocenters. The van der Waals surface area contributed by atoms with E-state index >= 15 is 0 Å². The number of anilines is 2. The Bertz CT molecular complexity index is 1220. The van der Waals surface area contributed by atoms with E-state index in [1.807, 2.05) is 30.3 Å². The first-order valence-electron chi connectivity index (χ1n) is 9.88. The first-order valence-corrected chi connectivity index (χ1v) is 9.88. The van der Waals surface area contributed by atoms with Crippen LogP contribution in [-0.2, 0) is 0 Å². The lowest BCUT2D eigenvalue weighted by Gasteiger charge is -2.08. The summed E-state index contributed by atoms with van der Waals surface area (Å²) in [6.07, 6.45) is 5.19. The van der Waals surface area contributed by atoms with E-state index in [2.05, 4.69) is 20.3 Å². The number of carbonyl (C=O) groups is 1. The number of hydrogen-bond donors (Lipinski definition) is 2. The summed E-state index contributed by atoms with van der Waals surface area (Å²) in [5, 5.41) is 3.08. The third-order valence-corrected chi connectivity index (χ3v) is 4.83. The van der Waals surface area contributed by atoms with Crippen LogP contribution in [0.15, 0.2) is 71.4 Å². The number of primary amides is 1. The topological polar surface area (TPSA) is 116 Å². The van der Waals surface area contributed by atoms with E-state index in [0.29, 0.717) is 46.4 Å². The number of nitrogens with one attached hydrogen (secondary N) is 1. The van der Waals surface area contributed by atoms with Gasteiger partial charge in [0, 0.05) is 29.9 Å². The number of amides is 1. The molecule has 8 nitrogen and oxygen atoms in total. The molecule has 3 heterocycles. The van der Waals surface area contributed by atoms with E-state index in [1.54, 1.807) is 30.5 Å². The van der Waals surface area contributed by atoms with Crippen molar-refractivity contribution in [3.63, 3.8) is 0 Å². The minimum absolute atomic E-state index is 0.334. The number of pyridine rings is 2. The Balaban J connectivity index is 1.39. The van der Waals surface area contributed by atoms with Gasteiger partial charge >= 0.3 is 5.95 Å². The number of rotatable bonds is 7. The summed E-state index contributed by atoms with van der Waals surface area (Å²) in [5.74, 6) is 2.50. The Morgan fingerprint density at radius 3 is 2.61 bits per heavy atom. The van der Waals surface area contributed by atoms with Crippen molar-refractivity contribution >= 4 is 17.5 Å². The molecule has 0 saturated heterocycles. The van der Waals surface area contributed by atoms with Crippen molar-refractivity contribution in [1.82, 2.24) is 15.0 Å². The molecular weight excluding hydrogens is 394 g/mol. The van der Waals surface area contributed by atoms with Crippen LogP contribution in [0.1, 0.15) is 35.0 Å². The van der Waals surface area contributed by atoms with Crippen molar-refractivity contribution in [2.45, 2.75) is 18.8 Å². The van der Waals surface area contributed by atoms with E-state index in [-0.39, 0.29) is 0 Å². The molecule has 3 N–H and O–H groups in total. The Labute approximate surface area is 178 Å². The molecule has 1 amide bonds. The first-order chi connectivity index (χ1) is 15.2. The second kappa shape index (κ2) is 7.91. The monoisotopic (exact) mass is 413 g/mol. The summed E-state index contributed by atoms with van der Waals surface area (Å²) < 4.78 is 12.0. The van der Waals surface area contributed by atoms with Gasteiger partial charge in [-0.15, -0.1) is 0 Å². The van der Waals surface area contributed by atoms with Gasteiger partial charge in [0.25, 0.3) is 0 Å². The number of hydrogen-bond acceptors (Lipinski definition) is 7. The van der Waals surface area contributed by atoms with Crippen LogP contribution >= 0.6 is 0 Å². The van der Waals surface area contributed by atoms with Crippen LogP contribution in [0.25, 0.3) is 11.3 Å². The fraction of sp³-hybridized carbons (Fsp3) is 0.130. The molecule has 0 bridgehead atoms. The zero-order valence-corrected chi connectivity index (χ0v) is 16.5. The smallest absolute Gasteiger partial charge is 0.319 e. The minimum atomic E-state index is -0.528. The maximum atomic E-state index is 11.2. The highest BCUT2D eigenvalue weighted by Gasteiger charge is 2.31. The molecular formula is C23H19N5O3. The van der Waals surface area contributed by atoms with Gasteiger partial charge in [-0.25, -0.2) is 15.0 Å². The standard InChI is InChI=1S/C23H19N5O3/c24-21(29)16-8-9-18(26-13-16)27-19-12-17(10-11-25-19)30-23-20(14-4-2-1-3-5-14)28-22(31-23)15-6-7-15/h1-5,8-13,15H,6-7H2,(H2,24,29)(H,25,26,27). The molecule has 0 spiro atoms. The highest BCUT2D eigenvalue weighted by molar-refractivity contribution is 5.92. The highest BCUT2D eigenvalue weighted by Crippen LogP contribution is 2.44. The Kier molecular flexibility index (Phi) is 4.80. The number of aromatic nitrogens is 3. The van der Waals surface area contributed by atoms with Crippen LogP contribution in [-0.4, -0.2) is 20.9 Å². The number of benzene rings is 1. The predicted molar refractivity (Wildman–Crippen MR) is 114 cm³/mol. The third kappa shape index (κ3) is 4.23. The van der Waals surface area contributed by atoms with Gasteiger partial charge in [0.05, 0.1) is 5.56 Å². The van der Waals surface area contributed by atoms with E-state index in [9.17, 15) is 4.79 Å². The average Bonchev–Trinajstić information content (AvgIpc) is 3.56. The molecule has 1 aromatic carbocycles. The number of nitrogens with zero attached hydrogens (tertiary/aromatic N) is 3. The van der Waals surface area contributed by atoms with Crippen molar-refractivity contribution in [3.8, 4) is 23.0 Å².